The van der Waals surface area contributed by atoms with E-state index in [0.717, 1.165) is 6.42 Å². The highest BCUT2D eigenvalue weighted by atomic mass is 16.6. The van der Waals surface area contributed by atoms with Gasteiger partial charge in [0.15, 0.2) is 5.78 Å². The number of aliphatic carboxylic acids is 1. The van der Waals surface area contributed by atoms with Crippen molar-refractivity contribution in [3.63, 3.8) is 0 Å². The Bertz CT molecular complexity index is 682. The van der Waals surface area contributed by atoms with E-state index in [1.807, 2.05) is 6.92 Å². The summed E-state index contributed by atoms with van der Waals surface area (Å²) in [6, 6.07) is 14.5. The first-order valence-corrected chi connectivity index (χ1v) is 7.02. The molecule has 120 valence electrons. The number of carboxylic acid groups (broad SMARTS) is 1. The normalized spacial score (nSPS) is 9.43. The fourth-order valence-electron chi connectivity index (χ4n) is 1.78. The molecule has 0 spiro atoms. The van der Waals surface area contributed by atoms with Gasteiger partial charge in [0.2, 0.25) is 0 Å². The van der Waals surface area contributed by atoms with E-state index in [1.165, 1.54) is 12.1 Å². The van der Waals surface area contributed by atoms with Crippen molar-refractivity contribution in [1.82, 2.24) is 0 Å². The van der Waals surface area contributed by atoms with Crippen LogP contribution in [0.1, 0.15) is 35.7 Å². The lowest BCUT2D eigenvalue weighted by Gasteiger charge is -2.01. The molecule has 23 heavy (non-hydrogen) atoms. The average molecular weight is 315 g/mol. The quantitative estimate of drug-likeness (QED) is 0.515. The number of carbonyl (C=O) groups is 2. The summed E-state index contributed by atoms with van der Waals surface area (Å²) >= 11 is 0. The Morgan fingerprint density at radius 3 is 2.09 bits per heavy atom. The van der Waals surface area contributed by atoms with E-state index in [-0.39, 0.29) is 17.0 Å². The average Bonchev–Trinajstić information content (AvgIpc) is 2.55. The van der Waals surface area contributed by atoms with Gasteiger partial charge in [-0.15, -0.1) is 0 Å². The second kappa shape index (κ2) is 9.09. The number of carboxylic acids is 1. The van der Waals surface area contributed by atoms with Gasteiger partial charge in [-0.25, -0.2) is 0 Å². The zero-order valence-corrected chi connectivity index (χ0v) is 12.6. The molecule has 0 unspecified atom stereocenters. The third kappa shape index (κ3) is 5.70. The van der Waals surface area contributed by atoms with Crippen molar-refractivity contribution in [1.29, 1.82) is 0 Å². The van der Waals surface area contributed by atoms with Gasteiger partial charge in [-0.1, -0.05) is 49.4 Å². The highest BCUT2D eigenvalue weighted by Crippen LogP contribution is 2.20. The van der Waals surface area contributed by atoms with Gasteiger partial charge in [-0.05, 0) is 12.5 Å². The van der Waals surface area contributed by atoms with Gasteiger partial charge >= 0.3 is 5.97 Å². The molecule has 1 N–H and O–H groups in total. The number of nitro benzene ring substituents is 1. The molecule has 0 bridgehead atoms. The molecule has 0 atom stereocenters. The van der Waals surface area contributed by atoms with Gasteiger partial charge in [-0.2, -0.15) is 0 Å². The summed E-state index contributed by atoms with van der Waals surface area (Å²) < 4.78 is 0. The molecule has 0 saturated heterocycles. The minimum absolute atomic E-state index is 0.115. The maximum Gasteiger partial charge on any atom is 0.303 e. The lowest BCUT2D eigenvalue weighted by Crippen LogP contribution is -2.04. The van der Waals surface area contributed by atoms with Crippen LogP contribution in [0.2, 0.25) is 0 Å². The summed E-state index contributed by atoms with van der Waals surface area (Å²) in [6.45, 7) is 1.84. The molecule has 2 aromatic carbocycles. The predicted octanol–water partition coefficient (Wildman–Crippen LogP) is 3.70. The Morgan fingerprint density at radius 1 is 1.04 bits per heavy atom. The summed E-state index contributed by atoms with van der Waals surface area (Å²) in [5, 5.41) is 18.7. The first-order valence-electron chi connectivity index (χ1n) is 7.02. The number of ketones is 1. The summed E-state index contributed by atoms with van der Waals surface area (Å²) in [5.41, 5.74) is 0.395. The molecular formula is C17H17NO5. The molecule has 0 aliphatic heterocycles. The fraction of sp³-hybridized carbons (Fsp3) is 0.176. The molecule has 0 aliphatic carbocycles. The van der Waals surface area contributed by atoms with Crippen molar-refractivity contribution >= 4 is 17.4 Å². The van der Waals surface area contributed by atoms with Crippen molar-refractivity contribution in [2.24, 2.45) is 0 Å². The summed E-state index contributed by atoms with van der Waals surface area (Å²) in [6.07, 6.45) is 1.02. The first kappa shape index (κ1) is 18.0. The smallest absolute Gasteiger partial charge is 0.303 e. The number of carbonyl (C=O) groups excluding carboxylic acids is 1. The molecule has 0 fully saturated rings. The van der Waals surface area contributed by atoms with Crippen LogP contribution in [0.25, 0.3) is 0 Å². The Balaban J connectivity index is 0.000000379. The molecule has 0 saturated carbocycles. The number of nitro groups is 1. The Hall–Kier alpha value is -3.02. The number of hydrogen-bond donors (Lipinski definition) is 1. The van der Waals surface area contributed by atoms with Crippen molar-refractivity contribution < 1.29 is 19.6 Å². The van der Waals surface area contributed by atoms with Crippen LogP contribution in [0.5, 0.6) is 0 Å². The van der Waals surface area contributed by atoms with Gasteiger partial charge in [0.1, 0.15) is 5.56 Å². The van der Waals surface area contributed by atoms with Gasteiger partial charge in [0.05, 0.1) is 4.92 Å². The largest absolute Gasteiger partial charge is 0.481 e. The van der Waals surface area contributed by atoms with Crippen molar-refractivity contribution in [2.75, 3.05) is 0 Å². The monoisotopic (exact) mass is 315 g/mol. The molecule has 2 rings (SSSR count). The third-order valence-electron chi connectivity index (χ3n) is 2.85. The third-order valence-corrected chi connectivity index (χ3v) is 2.85. The summed E-state index contributed by atoms with van der Waals surface area (Å²) in [7, 11) is 0. The van der Waals surface area contributed by atoms with Gasteiger partial charge in [0, 0.05) is 18.1 Å². The first-order chi connectivity index (χ1) is 11.0. The number of para-hydroxylation sites is 1. The number of hydrogen-bond acceptors (Lipinski definition) is 4. The lowest BCUT2D eigenvalue weighted by molar-refractivity contribution is -0.385. The molecule has 0 aliphatic rings. The van der Waals surface area contributed by atoms with Crippen molar-refractivity contribution in [2.45, 2.75) is 19.8 Å². The minimum atomic E-state index is -0.711. The fourth-order valence-corrected chi connectivity index (χ4v) is 1.78. The van der Waals surface area contributed by atoms with Crippen LogP contribution in [0.4, 0.5) is 5.69 Å². The highest BCUT2D eigenvalue weighted by molar-refractivity contribution is 6.11. The molecule has 0 aromatic heterocycles. The molecule has 6 heteroatoms. The maximum absolute atomic E-state index is 12.1. The Kier molecular flexibility index (Phi) is 7.13. The zero-order valence-electron chi connectivity index (χ0n) is 12.6. The van der Waals surface area contributed by atoms with E-state index in [4.69, 9.17) is 5.11 Å². The molecule has 6 nitrogen and oxygen atoms in total. The van der Waals surface area contributed by atoms with Gasteiger partial charge in [0.25, 0.3) is 5.69 Å². The van der Waals surface area contributed by atoms with Crippen molar-refractivity contribution in [3.8, 4) is 0 Å². The highest BCUT2D eigenvalue weighted by Gasteiger charge is 2.19. The predicted molar refractivity (Wildman–Crippen MR) is 85.5 cm³/mol. The number of nitrogens with zero attached hydrogens (tertiary/aromatic N) is 1. The van der Waals surface area contributed by atoms with Crippen LogP contribution in [0.15, 0.2) is 54.6 Å². The minimum Gasteiger partial charge on any atom is -0.481 e. The standard InChI is InChI=1S/C13H9NO3.C4H8O2/c15-13(10-6-2-1-3-7-10)11-8-4-5-9-12(11)14(16)17;1-2-3-4(5)6/h1-9H;2-3H2,1H3,(H,5,6). The second-order valence-corrected chi connectivity index (χ2v) is 4.61. The topological polar surface area (TPSA) is 97.5 Å². The SMILES string of the molecule is CCCC(=O)O.O=C(c1ccccc1)c1ccccc1[N+](=O)[O-]. The van der Waals surface area contributed by atoms with Crippen LogP contribution in [-0.4, -0.2) is 21.8 Å². The van der Waals surface area contributed by atoms with E-state index in [1.54, 1.807) is 42.5 Å². The van der Waals surface area contributed by atoms with E-state index in [9.17, 15) is 19.7 Å². The van der Waals surface area contributed by atoms with Crippen molar-refractivity contribution in [3.05, 3.63) is 75.8 Å². The van der Waals surface area contributed by atoms with E-state index < -0.39 is 10.9 Å². The van der Waals surface area contributed by atoms with Crippen LogP contribution in [0.3, 0.4) is 0 Å². The van der Waals surface area contributed by atoms with Gasteiger partial charge < -0.3 is 5.11 Å². The molecule has 0 heterocycles. The zero-order chi connectivity index (χ0) is 17.2. The lowest BCUT2D eigenvalue weighted by atomic mass is 10.0. The Labute approximate surface area is 133 Å². The van der Waals surface area contributed by atoms with Crippen LogP contribution < -0.4 is 0 Å². The van der Waals surface area contributed by atoms with E-state index >= 15 is 0 Å². The Morgan fingerprint density at radius 2 is 1.61 bits per heavy atom. The molecule has 0 amide bonds. The number of rotatable bonds is 5. The summed E-state index contributed by atoms with van der Waals surface area (Å²) in [4.78, 5) is 31.9. The van der Waals surface area contributed by atoms with Crippen LogP contribution >= 0.6 is 0 Å². The maximum atomic E-state index is 12.1. The molecule has 2 aromatic rings. The van der Waals surface area contributed by atoms with Gasteiger partial charge in [-0.3, -0.25) is 19.7 Å². The van der Waals surface area contributed by atoms with Crippen LogP contribution in [0, 0.1) is 10.1 Å². The molecular weight excluding hydrogens is 298 g/mol. The van der Waals surface area contributed by atoms with E-state index in [2.05, 4.69) is 0 Å². The second-order valence-electron chi connectivity index (χ2n) is 4.61. The van der Waals surface area contributed by atoms with Crippen LogP contribution in [-0.2, 0) is 4.79 Å². The summed E-state index contributed by atoms with van der Waals surface area (Å²) in [5.74, 6) is -1.05. The molecule has 0 radical (unpaired) electrons. The van der Waals surface area contributed by atoms with E-state index in [0.29, 0.717) is 12.0 Å². The number of benzene rings is 2.